The van der Waals surface area contributed by atoms with Gasteiger partial charge in [-0.2, -0.15) is 0 Å². The monoisotopic (exact) mass is 563 g/mol. The number of H-pyrrole nitrogens is 1. The van der Waals surface area contributed by atoms with Crippen molar-refractivity contribution < 1.29 is 19.0 Å². The predicted molar refractivity (Wildman–Crippen MR) is 156 cm³/mol. The van der Waals surface area contributed by atoms with Crippen molar-refractivity contribution in [3.05, 3.63) is 93.9 Å². The number of aryl methyl sites for hydroxylation is 1. The maximum atomic E-state index is 13.4. The lowest BCUT2D eigenvalue weighted by Gasteiger charge is -2.38. The van der Waals surface area contributed by atoms with Crippen LogP contribution in [0.2, 0.25) is 5.02 Å². The molecule has 6 nitrogen and oxygen atoms in total. The van der Waals surface area contributed by atoms with Gasteiger partial charge in [-0.05, 0) is 111 Å². The summed E-state index contributed by atoms with van der Waals surface area (Å²) in [6.45, 7) is 4.47. The van der Waals surface area contributed by atoms with Crippen molar-refractivity contribution in [3.8, 4) is 11.5 Å². The highest BCUT2D eigenvalue weighted by Crippen LogP contribution is 2.41. The molecule has 0 bridgehead atoms. The van der Waals surface area contributed by atoms with Gasteiger partial charge in [0.15, 0.2) is 0 Å². The van der Waals surface area contributed by atoms with E-state index in [4.69, 9.17) is 21.1 Å². The SMILES string of the molecule is Cc1cc(C2c3[nH]c4ccc(Cl)cc4c3CCN2C(O)Oc2ccc(F)cc2)ccc1OCCC1CCCN1C. The smallest absolute Gasteiger partial charge is 0.260 e. The van der Waals surface area contributed by atoms with Crippen molar-refractivity contribution in [2.24, 2.45) is 0 Å². The van der Waals surface area contributed by atoms with Gasteiger partial charge in [-0.15, -0.1) is 0 Å². The fraction of sp³-hybridized carbons (Fsp3) is 0.375. The molecule has 3 heterocycles. The van der Waals surface area contributed by atoms with Gasteiger partial charge in [0.1, 0.15) is 17.3 Å². The number of aliphatic hydroxyl groups is 1. The summed E-state index contributed by atoms with van der Waals surface area (Å²) in [5, 5.41) is 13.1. The molecule has 0 radical (unpaired) electrons. The highest BCUT2D eigenvalue weighted by Gasteiger charge is 2.36. The van der Waals surface area contributed by atoms with E-state index >= 15 is 0 Å². The fourth-order valence-corrected chi connectivity index (χ4v) is 6.40. The van der Waals surface area contributed by atoms with E-state index in [-0.39, 0.29) is 11.9 Å². The first kappa shape index (κ1) is 27.1. The molecule has 3 unspecified atom stereocenters. The first-order valence-corrected chi connectivity index (χ1v) is 14.3. The molecule has 1 saturated heterocycles. The van der Waals surface area contributed by atoms with Gasteiger partial charge in [0.05, 0.1) is 12.6 Å². The number of aliphatic hydroxyl groups excluding tert-OH is 1. The normalized spacial score (nSPS) is 20.5. The average Bonchev–Trinajstić information content (AvgIpc) is 3.52. The van der Waals surface area contributed by atoms with Crippen molar-refractivity contribution in [2.75, 3.05) is 26.7 Å². The van der Waals surface area contributed by atoms with Crippen LogP contribution in [0.4, 0.5) is 4.39 Å². The van der Waals surface area contributed by atoms with Gasteiger partial charge in [0, 0.05) is 34.2 Å². The van der Waals surface area contributed by atoms with Crippen LogP contribution >= 0.6 is 11.6 Å². The lowest BCUT2D eigenvalue weighted by atomic mass is 9.91. The van der Waals surface area contributed by atoms with Crippen LogP contribution in [0.5, 0.6) is 11.5 Å². The van der Waals surface area contributed by atoms with Crippen LogP contribution < -0.4 is 9.47 Å². The van der Waals surface area contributed by atoms with E-state index in [0.717, 1.165) is 46.4 Å². The summed E-state index contributed by atoms with van der Waals surface area (Å²) in [6.07, 6.45) is 2.98. The lowest BCUT2D eigenvalue weighted by Crippen LogP contribution is -2.46. The number of nitrogens with one attached hydrogen (secondary N) is 1. The number of nitrogens with zero attached hydrogens (tertiary/aromatic N) is 2. The number of hydrogen-bond acceptors (Lipinski definition) is 5. The zero-order valence-electron chi connectivity index (χ0n) is 22.9. The Morgan fingerprint density at radius 1 is 1.10 bits per heavy atom. The van der Waals surface area contributed by atoms with Gasteiger partial charge in [-0.3, -0.25) is 0 Å². The molecule has 4 aromatic rings. The number of ether oxygens (including phenoxy) is 2. The number of halogens is 2. The number of benzene rings is 3. The molecule has 8 heteroatoms. The maximum Gasteiger partial charge on any atom is 0.260 e. The van der Waals surface area contributed by atoms with Gasteiger partial charge in [0.2, 0.25) is 0 Å². The van der Waals surface area contributed by atoms with Crippen LogP contribution in [0, 0.1) is 12.7 Å². The summed E-state index contributed by atoms with van der Waals surface area (Å²) in [5.74, 6) is 0.917. The minimum Gasteiger partial charge on any atom is -0.493 e. The van der Waals surface area contributed by atoms with Crippen LogP contribution in [0.1, 0.15) is 47.7 Å². The number of hydrogen-bond donors (Lipinski definition) is 2. The fourth-order valence-electron chi connectivity index (χ4n) is 6.23. The molecule has 0 spiro atoms. The Labute approximate surface area is 239 Å². The van der Waals surface area contributed by atoms with E-state index in [0.29, 0.717) is 36.4 Å². The molecule has 3 aromatic carbocycles. The largest absolute Gasteiger partial charge is 0.493 e. The molecule has 3 atom stereocenters. The molecule has 1 fully saturated rings. The Hall–Kier alpha value is -3.10. The summed E-state index contributed by atoms with van der Waals surface area (Å²) < 4.78 is 25.5. The molecule has 6 rings (SSSR count). The Balaban J connectivity index is 1.30. The molecular weight excluding hydrogens is 529 g/mol. The topological polar surface area (TPSA) is 61.0 Å². The van der Waals surface area contributed by atoms with Crippen LogP contribution in [0.3, 0.4) is 0 Å². The standard InChI is InChI=1S/C32H35ClFN3O3/c1-20-18-21(5-12-29(20)39-17-14-24-4-3-15-36(24)2)31-30-26(27-19-22(33)6-11-28(27)35-30)13-16-37(31)32(38)40-25-9-7-23(34)8-10-25/h5-12,18-19,24,31-32,35,38H,3-4,13-17H2,1-2H3. The van der Waals surface area contributed by atoms with Gasteiger partial charge in [-0.25, -0.2) is 9.29 Å². The number of likely N-dealkylation sites (tertiary alicyclic amines) is 1. The highest BCUT2D eigenvalue weighted by molar-refractivity contribution is 6.31. The first-order chi connectivity index (χ1) is 19.4. The first-order valence-electron chi connectivity index (χ1n) is 14.0. The number of rotatable bonds is 8. The summed E-state index contributed by atoms with van der Waals surface area (Å²) in [6, 6.07) is 18.1. The maximum absolute atomic E-state index is 13.4. The van der Waals surface area contributed by atoms with E-state index in [1.807, 2.05) is 29.2 Å². The molecule has 2 aliphatic rings. The third-order valence-electron chi connectivity index (χ3n) is 8.36. The second kappa shape index (κ2) is 11.4. The third-order valence-corrected chi connectivity index (χ3v) is 8.60. The average molecular weight is 564 g/mol. The Morgan fingerprint density at radius 3 is 2.67 bits per heavy atom. The molecule has 2 aliphatic heterocycles. The van der Waals surface area contributed by atoms with Crippen molar-refractivity contribution in [1.82, 2.24) is 14.8 Å². The lowest BCUT2D eigenvalue weighted by molar-refractivity contribution is -0.150. The summed E-state index contributed by atoms with van der Waals surface area (Å²) in [4.78, 5) is 7.94. The van der Waals surface area contributed by atoms with E-state index in [1.54, 1.807) is 0 Å². The molecule has 0 saturated carbocycles. The van der Waals surface area contributed by atoms with E-state index in [1.165, 1.54) is 42.7 Å². The Morgan fingerprint density at radius 2 is 1.93 bits per heavy atom. The van der Waals surface area contributed by atoms with Crippen molar-refractivity contribution >= 4 is 22.5 Å². The molecule has 210 valence electrons. The molecule has 0 amide bonds. The second-order valence-corrected chi connectivity index (χ2v) is 11.4. The molecule has 0 aliphatic carbocycles. The van der Waals surface area contributed by atoms with E-state index in [9.17, 15) is 9.50 Å². The Kier molecular flexibility index (Phi) is 7.73. The van der Waals surface area contributed by atoms with Gasteiger partial charge in [-0.1, -0.05) is 23.7 Å². The van der Waals surface area contributed by atoms with E-state index in [2.05, 4.69) is 36.0 Å². The number of aromatic amines is 1. The van der Waals surface area contributed by atoms with Crippen molar-refractivity contribution in [1.29, 1.82) is 0 Å². The van der Waals surface area contributed by atoms with Crippen LogP contribution in [0.25, 0.3) is 10.9 Å². The minimum absolute atomic E-state index is 0.301. The second-order valence-electron chi connectivity index (χ2n) is 10.9. The quantitative estimate of drug-likeness (QED) is 0.242. The molecule has 1 aromatic heterocycles. The molecule has 40 heavy (non-hydrogen) atoms. The zero-order chi connectivity index (χ0) is 27.8. The minimum atomic E-state index is -1.24. The van der Waals surface area contributed by atoms with Crippen LogP contribution in [-0.2, 0) is 6.42 Å². The number of aromatic nitrogens is 1. The Bertz CT molecular complexity index is 1490. The van der Waals surface area contributed by atoms with Gasteiger partial charge in [0.25, 0.3) is 6.41 Å². The highest BCUT2D eigenvalue weighted by atomic mass is 35.5. The van der Waals surface area contributed by atoms with Gasteiger partial charge >= 0.3 is 0 Å². The molecule has 2 N–H and O–H groups in total. The number of fused-ring (bicyclic) bond motifs is 3. The van der Waals surface area contributed by atoms with E-state index < -0.39 is 6.41 Å². The van der Waals surface area contributed by atoms with Crippen molar-refractivity contribution in [2.45, 2.75) is 51.1 Å². The van der Waals surface area contributed by atoms with Gasteiger partial charge < -0.3 is 24.5 Å². The van der Waals surface area contributed by atoms with Crippen molar-refractivity contribution in [3.63, 3.8) is 0 Å². The zero-order valence-corrected chi connectivity index (χ0v) is 23.6. The van der Waals surface area contributed by atoms with Crippen LogP contribution in [0.15, 0.2) is 60.7 Å². The summed E-state index contributed by atoms with van der Waals surface area (Å²) >= 11 is 6.35. The molecular formula is C32H35ClFN3O3. The summed E-state index contributed by atoms with van der Waals surface area (Å²) in [5.41, 5.74) is 5.25. The predicted octanol–water partition coefficient (Wildman–Crippen LogP) is 6.43. The third kappa shape index (κ3) is 5.44. The van der Waals surface area contributed by atoms with Crippen LogP contribution in [-0.4, -0.2) is 59.1 Å². The summed E-state index contributed by atoms with van der Waals surface area (Å²) in [7, 11) is 2.19.